The van der Waals surface area contributed by atoms with Crippen molar-refractivity contribution < 1.29 is 4.79 Å². The van der Waals surface area contributed by atoms with Gasteiger partial charge in [-0.15, -0.1) is 24.0 Å². The van der Waals surface area contributed by atoms with E-state index < -0.39 is 0 Å². The summed E-state index contributed by atoms with van der Waals surface area (Å²) in [5.74, 6) is 1.84. The van der Waals surface area contributed by atoms with Gasteiger partial charge in [-0.05, 0) is 50.5 Å². The largest absolute Gasteiger partial charge is 0.369 e. The maximum atomic E-state index is 11.5. The molecule has 7 nitrogen and oxygen atoms in total. The van der Waals surface area contributed by atoms with Crippen LogP contribution < -0.4 is 16.0 Å². The number of hydrogen-bond acceptors (Lipinski definition) is 4. The minimum atomic E-state index is -0.179. The number of anilines is 1. The van der Waals surface area contributed by atoms with Crippen LogP contribution in [-0.4, -0.2) is 54.5 Å². The molecule has 0 radical (unpaired) electrons. The lowest BCUT2D eigenvalue weighted by Crippen LogP contribution is -2.41. The molecule has 1 aromatic rings. The number of likely N-dealkylation sites (tertiary alicyclic amines) is 1. The van der Waals surface area contributed by atoms with E-state index in [1.807, 2.05) is 12.3 Å². The molecule has 1 amide bonds. The second-order valence-electron chi connectivity index (χ2n) is 9.55. The highest BCUT2D eigenvalue weighted by Crippen LogP contribution is 2.43. The molecule has 32 heavy (non-hydrogen) atoms. The van der Waals surface area contributed by atoms with Crippen LogP contribution in [-0.2, 0) is 11.3 Å². The highest BCUT2D eigenvalue weighted by atomic mass is 127. The van der Waals surface area contributed by atoms with Crippen molar-refractivity contribution in [3.63, 3.8) is 0 Å². The third-order valence-corrected chi connectivity index (χ3v) is 7.45. The van der Waals surface area contributed by atoms with Gasteiger partial charge in [0.25, 0.3) is 0 Å². The Kier molecular flexibility index (Phi) is 9.02. The molecule has 0 unspecified atom stereocenters. The molecule has 1 spiro atoms. The molecule has 8 heteroatoms. The van der Waals surface area contributed by atoms with E-state index in [-0.39, 0.29) is 35.8 Å². The van der Waals surface area contributed by atoms with E-state index in [0.717, 1.165) is 62.9 Å². The van der Waals surface area contributed by atoms with Gasteiger partial charge in [-0.1, -0.05) is 25.3 Å². The number of halogens is 1. The summed E-state index contributed by atoms with van der Waals surface area (Å²) in [6, 6.07) is 4.12. The molecule has 0 bridgehead atoms. The number of nitrogens with zero attached hydrogens (tertiary/aromatic N) is 4. The van der Waals surface area contributed by atoms with Crippen LogP contribution in [0.4, 0.5) is 5.82 Å². The van der Waals surface area contributed by atoms with Crippen LogP contribution >= 0.6 is 24.0 Å². The Balaban J connectivity index is 0.00000289. The predicted octanol–water partition coefficient (Wildman–Crippen LogP) is 3.52. The van der Waals surface area contributed by atoms with Gasteiger partial charge in [0.05, 0.1) is 6.54 Å². The molecule has 1 aromatic heterocycles. The number of carbonyl (C=O) groups excluding carboxylic acids is 1. The fourth-order valence-electron chi connectivity index (χ4n) is 5.63. The SMILES string of the molecule is CCNC(=NCc1cccnc1N1CCC(C(N)=O)CC1)N1CCC2(CCCCC2)C1.I. The van der Waals surface area contributed by atoms with Crippen molar-refractivity contribution in [1.82, 2.24) is 15.2 Å². The molecule has 0 aromatic carbocycles. The van der Waals surface area contributed by atoms with Gasteiger partial charge in [0.2, 0.25) is 5.91 Å². The Hall–Kier alpha value is -1.58. The topological polar surface area (TPSA) is 86.9 Å². The Morgan fingerprint density at radius 3 is 2.66 bits per heavy atom. The van der Waals surface area contributed by atoms with E-state index in [9.17, 15) is 4.79 Å². The molecular weight excluding hydrogens is 515 g/mol. The van der Waals surface area contributed by atoms with Crippen LogP contribution in [0.5, 0.6) is 0 Å². The van der Waals surface area contributed by atoms with Crippen molar-refractivity contribution >= 4 is 41.7 Å². The van der Waals surface area contributed by atoms with E-state index in [0.29, 0.717) is 12.0 Å². The molecule has 0 atom stereocenters. The number of guanidine groups is 1. The minimum Gasteiger partial charge on any atom is -0.369 e. The number of primary amides is 1. The molecule has 1 aliphatic carbocycles. The van der Waals surface area contributed by atoms with Gasteiger partial charge in [0, 0.05) is 50.4 Å². The van der Waals surface area contributed by atoms with Crippen molar-refractivity contribution in [3.8, 4) is 0 Å². The number of hydrogen-bond donors (Lipinski definition) is 2. The zero-order valence-electron chi connectivity index (χ0n) is 19.4. The highest BCUT2D eigenvalue weighted by Gasteiger charge is 2.39. The van der Waals surface area contributed by atoms with Gasteiger partial charge < -0.3 is 20.9 Å². The molecule has 3 N–H and O–H groups in total. The lowest BCUT2D eigenvalue weighted by Gasteiger charge is -2.34. The molecule has 3 aliphatic rings. The molecule has 178 valence electrons. The van der Waals surface area contributed by atoms with Gasteiger partial charge in [0.15, 0.2) is 5.96 Å². The van der Waals surface area contributed by atoms with Gasteiger partial charge >= 0.3 is 0 Å². The number of nitrogens with one attached hydrogen (secondary N) is 1. The molecule has 3 heterocycles. The maximum absolute atomic E-state index is 11.5. The maximum Gasteiger partial charge on any atom is 0.220 e. The standard InChI is InChI=1S/C24H38N6O.HI/c1-2-26-23(30-16-12-24(18-30)10-4-3-5-11-24)28-17-20-7-6-13-27-22(20)29-14-8-19(9-15-29)21(25)31;/h6-7,13,19H,2-5,8-12,14-18H2,1H3,(H2,25,31)(H,26,28);1H. The quantitative estimate of drug-likeness (QED) is 0.331. The number of rotatable bonds is 5. The number of nitrogens with two attached hydrogens (primary N) is 1. The summed E-state index contributed by atoms with van der Waals surface area (Å²) < 4.78 is 0. The van der Waals surface area contributed by atoms with Crippen LogP contribution in [0.3, 0.4) is 0 Å². The second kappa shape index (κ2) is 11.5. The smallest absolute Gasteiger partial charge is 0.220 e. The Labute approximate surface area is 209 Å². The number of amides is 1. The molecular formula is C24H39IN6O. The van der Waals surface area contributed by atoms with Crippen molar-refractivity contribution in [1.29, 1.82) is 0 Å². The summed E-state index contributed by atoms with van der Waals surface area (Å²) in [7, 11) is 0. The Morgan fingerprint density at radius 2 is 1.97 bits per heavy atom. The first kappa shape index (κ1) is 25.1. The molecule has 2 saturated heterocycles. The molecule has 4 rings (SSSR count). The summed E-state index contributed by atoms with van der Waals surface area (Å²) in [4.78, 5) is 26.0. The summed E-state index contributed by atoms with van der Waals surface area (Å²) in [6.45, 7) is 7.51. The first-order valence-corrected chi connectivity index (χ1v) is 12.1. The summed E-state index contributed by atoms with van der Waals surface area (Å²) in [5, 5.41) is 3.52. The van der Waals surface area contributed by atoms with Crippen LogP contribution in [0.15, 0.2) is 23.3 Å². The van der Waals surface area contributed by atoms with Crippen molar-refractivity contribution in [3.05, 3.63) is 23.9 Å². The first-order chi connectivity index (χ1) is 15.1. The number of aromatic nitrogens is 1. The minimum absolute atomic E-state index is 0. The number of piperidine rings is 1. The zero-order valence-corrected chi connectivity index (χ0v) is 21.7. The number of pyridine rings is 1. The van der Waals surface area contributed by atoms with Crippen molar-refractivity contribution in [2.45, 2.75) is 64.8 Å². The second-order valence-corrected chi connectivity index (χ2v) is 9.55. The third kappa shape index (κ3) is 5.85. The lowest BCUT2D eigenvalue weighted by molar-refractivity contribution is -0.122. The highest BCUT2D eigenvalue weighted by molar-refractivity contribution is 14.0. The van der Waals surface area contributed by atoms with Gasteiger partial charge in [-0.2, -0.15) is 0 Å². The van der Waals surface area contributed by atoms with Crippen LogP contribution in [0.25, 0.3) is 0 Å². The Bertz CT molecular complexity index is 786. The molecule has 3 fully saturated rings. The third-order valence-electron chi connectivity index (χ3n) is 7.45. The average molecular weight is 555 g/mol. The monoisotopic (exact) mass is 554 g/mol. The molecule has 2 aliphatic heterocycles. The first-order valence-electron chi connectivity index (χ1n) is 12.1. The number of aliphatic imine (C=N–C) groups is 1. The fourth-order valence-corrected chi connectivity index (χ4v) is 5.63. The average Bonchev–Trinajstić information content (AvgIpc) is 3.20. The van der Waals surface area contributed by atoms with Gasteiger partial charge in [-0.25, -0.2) is 9.98 Å². The van der Waals surface area contributed by atoms with Crippen LogP contribution in [0.2, 0.25) is 0 Å². The molecule has 1 saturated carbocycles. The summed E-state index contributed by atoms with van der Waals surface area (Å²) in [6.07, 6.45) is 11.6. The van der Waals surface area contributed by atoms with Crippen LogP contribution in [0.1, 0.15) is 63.9 Å². The summed E-state index contributed by atoms with van der Waals surface area (Å²) in [5.41, 5.74) is 7.15. The van der Waals surface area contributed by atoms with Gasteiger partial charge in [-0.3, -0.25) is 4.79 Å². The van der Waals surface area contributed by atoms with Crippen LogP contribution in [0, 0.1) is 11.3 Å². The lowest BCUT2D eigenvalue weighted by atomic mass is 9.73. The van der Waals surface area contributed by atoms with E-state index in [1.54, 1.807) is 0 Å². The van der Waals surface area contributed by atoms with Crippen molar-refractivity contribution in [2.75, 3.05) is 37.6 Å². The zero-order chi connectivity index (χ0) is 21.7. The fraction of sp³-hybridized carbons (Fsp3) is 0.708. The van der Waals surface area contributed by atoms with Gasteiger partial charge in [0.1, 0.15) is 5.82 Å². The van der Waals surface area contributed by atoms with E-state index in [4.69, 9.17) is 10.7 Å². The normalized spacial score (nSPS) is 21.5. The van der Waals surface area contributed by atoms with E-state index in [2.05, 4.69) is 33.1 Å². The van der Waals surface area contributed by atoms with E-state index >= 15 is 0 Å². The predicted molar refractivity (Wildman–Crippen MR) is 140 cm³/mol. The van der Waals surface area contributed by atoms with E-state index in [1.165, 1.54) is 38.5 Å². The van der Waals surface area contributed by atoms with Crippen molar-refractivity contribution in [2.24, 2.45) is 22.1 Å². The Morgan fingerprint density at radius 1 is 1.22 bits per heavy atom. The summed E-state index contributed by atoms with van der Waals surface area (Å²) >= 11 is 0. The number of carbonyl (C=O) groups is 1.